The van der Waals surface area contributed by atoms with Crippen LogP contribution in [0.2, 0.25) is 0 Å². The first-order valence-electron chi connectivity index (χ1n) is 8.58. The lowest BCUT2D eigenvalue weighted by Crippen LogP contribution is -2.49. The quantitative estimate of drug-likeness (QED) is 0.850. The molecule has 0 spiro atoms. The summed E-state index contributed by atoms with van der Waals surface area (Å²) in [6, 6.07) is 5.89. The Morgan fingerprint density at radius 2 is 2.08 bits per heavy atom. The Balaban J connectivity index is 1.61. The van der Waals surface area contributed by atoms with Crippen LogP contribution in [0.4, 0.5) is 10.2 Å². The molecule has 1 aliphatic rings. The highest BCUT2D eigenvalue weighted by molar-refractivity contribution is 5.87. The fraction of sp³-hybridized carbons (Fsp3) is 0.421. The standard InChI is InChI=1S/C19H23FN4O2/c1-18(2,14-3-5-15(20)6-4-14)17(25)23-12-19(26)7-10-24(13-19)16-11-21-8-9-22-16/h3-6,8-9,11,26H,7,10,12-13H2,1-2H3,(H,23,25)/t19-/m0/s1. The molecule has 3 rings (SSSR count). The van der Waals surface area contributed by atoms with Crippen LogP contribution in [0, 0.1) is 5.82 Å². The van der Waals surface area contributed by atoms with Gasteiger partial charge >= 0.3 is 0 Å². The largest absolute Gasteiger partial charge is 0.386 e. The van der Waals surface area contributed by atoms with E-state index in [-0.39, 0.29) is 18.3 Å². The Hall–Kier alpha value is -2.54. The first-order chi connectivity index (χ1) is 12.3. The van der Waals surface area contributed by atoms with Crippen molar-refractivity contribution in [1.29, 1.82) is 0 Å². The first kappa shape index (κ1) is 18.3. The maximum atomic E-state index is 13.1. The van der Waals surface area contributed by atoms with Gasteiger partial charge in [-0.2, -0.15) is 0 Å². The molecule has 0 bridgehead atoms. The number of rotatable bonds is 5. The number of carbonyl (C=O) groups excluding carboxylic acids is 1. The molecule has 2 heterocycles. The number of hydrogen-bond acceptors (Lipinski definition) is 5. The van der Waals surface area contributed by atoms with E-state index < -0.39 is 11.0 Å². The fourth-order valence-corrected chi connectivity index (χ4v) is 3.11. The van der Waals surface area contributed by atoms with E-state index in [0.29, 0.717) is 25.3 Å². The van der Waals surface area contributed by atoms with Gasteiger partial charge in [0.15, 0.2) is 0 Å². The van der Waals surface area contributed by atoms with Gasteiger partial charge in [0.1, 0.15) is 17.2 Å². The Bertz CT molecular complexity index is 767. The smallest absolute Gasteiger partial charge is 0.230 e. The molecule has 2 N–H and O–H groups in total. The van der Waals surface area contributed by atoms with Gasteiger partial charge in [-0.1, -0.05) is 12.1 Å². The second-order valence-corrected chi connectivity index (χ2v) is 7.27. The second-order valence-electron chi connectivity index (χ2n) is 7.27. The Labute approximate surface area is 152 Å². The van der Waals surface area contributed by atoms with Gasteiger partial charge in [-0.3, -0.25) is 9.78 Å². The maximum absolute atomic E-state index is 13.1. The number of benzene rings is 1. The summed E-state index contributed by atoms with van der Waals surface area (Å²) in [5.74, 6) is 0.159. The summed E-state index contributed by atoms with van der Waals surface area (Å²) in [4.78, 5) is 22.9. The van der Waals surface area contributed by atoms with Crippen LogP contribution in [0.3, 0.4) is 0 Å². The van der Waals surface area contributed by atoms with Crippen LogP contribution in [0.25, 0.3) is 0 Å². The number of carbonyl (C=O) groups is 1. The van der Waals surface area contributed by atoms with Crippen molar-refractivity contribution in [2.75, 3.05) is 24.5 Å². The summed E-state index contributed by atoms with van der Waals surface area (Å²) in [5, 5.41) is 13.6. The van der Waals surface area contributed by atoms with Crippen molar-refractivity contribution < 1.29 is 14.3 Å². The van der Waals surface area contributed by atoms with Crippen LogP contribution in [0.1, 0.15) is 25.8 Å². The van der Waals surface area contributed by atoms with Crippen molar-refractivity contribution in [3.8, 4) is 0 Å². The summed E-state index contributed by atoms with van der Waals surface area (Å²) in [5.41, 5.74) is -1.13. The highest BCUT2D eigenvalue weighted by Crippen LogP contribution is 2.26. The zero-order valence-corrected chi connectivity index (χ0v) is 14.9. The zero-order valence-electron chi connectivity index (χ0n) is 14.9. The van der Waals surface area contributed by atoms with Crippen LogP contribution in [0.15, 0.2) is 42.9 Å². The monoisotopic (exact) mass is 358 g/mol. The molecule has 0 aliphatic carbocycles. The molecule has 2 aromatic rings. The van der Waals surface area contributed by atoms with E-state index in [1.165, 1.54) is 12.1 Å². The molecule has 138 valence electrons. The number of amides is 1. The molecule has 1 fully saturated rings. The number of nitrogens with one attached hydrogen (secondary N) is 1. The molecular weight excluding hydrogens is 335 g/mol. The number of aliphatic hydroxyl groups is 1. The van der Waals surface area contributed by atoms with Crippen molar-refractivity contribution in [3.63, 3.8) is 0 Å². The van der Waals surface area contributed by atoms with Crippen LogP contribution < -0.4 is 10.2 Å². The van der Waals surface area contributed by atoms with E-state index in [1.807, 2.05) is 4.90 Å². The van der Waals surface area contributed by atoms with Crippen molar-refractivity contribution in [2.24, 2.45) is 0 Å². The number of hydrogen-bond donors (Lipinski definition) is 2. The molecule has 1 aromatic carbocycles. The predicted molar refractivity (Wildman–Crippen MR) is 96.2 cm³/mol. The van der Waals surface area contributed by atoms with Gasteiger partial charge in [0.2, 0.25) is 5.91 Å². The zero-order chi connectivity index (χ0) is 18.8. The van der Waals surface area contributed by atoms with Crippen molar-refractivity contribution in [1.82, 2.24) is 15.3 Å². The molecule has 0 radical (unpaired) electrons. The van der Waals surface area contributed by atoms with Crippen LogP contribution in [0.5, 0.6) is 0 Å². The number of halogens is 1. The van der Waals surface area contributed by atoms with Crippen LogP contribution in [-0.4, -0.2) is 46.2 Å². The SMILES string of the molecule is CC(C)(C(=O)NC[C@@]1(O)CCN(c2cnccn2)C1)c1ccc(F)cc1. The van der Waals surface area contributed by atoms with Crippen LogP contribution >= 0.6 is 0 Å². The average molecular weight is 358 g/mol. The molecule has 26 heavy (non-hydrogen) atoms. The minimum atomic E-state index is -1.02. The minimum Gasteiger partial charge on any atom is -0.386 e. The van der Waals surface area contributed by atoms with E-state index in [4.69, 9.17) is 0 Å². The molecule has 0 saturated carbocycles. The molecule has 1 aromatic heterocycles. The summed E-state index contributed by atoms with van der Waals surface area (Å²) in [6.45, 7) is 4.73. The average Bonchev–Trinajstić information content (AvgIpc) is 3.03. The van der Waals surface area contributed by atoms with Gasteiger partial charge in [0.05, 0.1) is 11.6 Å². The molecule has 7 heteroatoms. The first-order valence-corrected chi connectivity index (χ1v) is 8.58. The third-order valence-corrected chi connectivity index (χ3v) is 4.92. The molecule has 1 atom stereocenters. The van der Waals surface area contributed by atoms with E-state index in [2.05, 4.69) is 15.3 Å². The van der Waals surface area contributed by atoms with Crippen LogP contribution in [-0.2, 0) is 10.2 Å². The summed E-state index contributed by atoms with van der Waals surface area (Å²) < 4.78 is 13.1. The van der Waals surface area contributed by atoms with Gasteiger partial charge in [0, 0.05) is 32.0 Å². The highest BCUT2D eigenvalue weighted by Gasteiger charge is 2.38. The molecule has 6 nitrogen and oxygen atoms in total. The van der Waals surface area contributed by atoms with Gasteiger partial charge in [-0.25, -0.2) is 9.37 Å². The lowest BCUT2D eigenvalue weighted by atomic mass is 9.83. The van der Waals surface area contributed by atoms with Gasteiger partial charge in [-0.05, 0) is 38.0 Å². The predicted octanol–water partition coefficient (Wildman–Crippen LogP) is 1.65. The highest BCUT2D eigenvalue weighted by atomic mass is 19.1. The van der Waals surface area contributed by atoms with E-state index >= 15 is 0 Å². The van der Waals surface area contributed by atoms with E-state index in [1.54, 1.807) is 44.6 Å². The minimum absolute atomic E-state index is 0.146. The van der Waals surface area contributed by atoms with E-state index in [9.17, 15) is 14.3 Å². The molecule has 0 unspecified atom stereocenters. The molecule has 1 saturated heterocycles. The summed E-state index contributed by atoms with van der Waals surface area (Å²) in [7, 11) is 0. The number of β-amino-alcohol motifs (C(OH)–C–C–N with tert-alkyl or cyclic N) is 1. The third kappa shape index (κ3) is 3.83. The van der Waals surface area contributed by atoms with Crippen molar-refractivity contribution in [3.05, 3.63) is 54.2 Å². The molecule has 1 amide bonds. The summed E-state index contributed by atoms with van der Waals surface area (Å²) in [6.07, 6.45) is 5.39. The topological polar surface area (TPSA) is 78.4 Å². The molecular formula is C19H23FN4O2. The Kier molecular flexibility index (Phi) is 4.91. The third-order valence-electron chi connectivity index (χ3n) is 4.92. The van der Waals surface area contributed by atoms with Gasteiger partial charge in [0.25, 0.3) is 0 Å². The van der Waals surface area contributed by atoms with E-state index in [0.717, 1.165) is 5.56 Å². The van der Waals surface area contributed by atoms with Crippen molar-refractivity contribution >= 4 is 11.7 Å². The second kappa shape index (κ2) is 6.99. The molecule has 1 aliphatic heterocycles. The lowest BCUT2D eigenvalue weighted by Gasteiger charge is -2.28. The van der Waals surface area contributed by atoms with Gasteiger partial charge in [-0.15, -0.1) is 0 Å². The van der Waals surface area contributed by atoms with Gasteiger partial charge < -0.3 is 15.3 Å². The number of anilines is 1. The summed E-state index contributed by atoms with van der Waals surface area (Å²) >= 11 is 0. The normalized spacial score (nSPS) is 20.2. The Morgan fingerprint density at radius 1 is 1.35 bits per heavy atom. The van der Waals surface area contributed by atoms with Crippen molar-refractivity contribution in [2.45, 2.75) is 31.3 Å². The maximum Gasteiger partial charge on any atom is 0.230 e. The fourth-order valence-electron chi connectivity index (χ4n) is 3.11. The Morgan fingerprint density at radius 3 is 2.73 bits per heavy atom. The number of nitrogens with zero attached hydrogens (tertiary/aromatic N) is 3. The lowest BCUT2D eigenvalue weighted by molar-refractivity contribution is -0.126. The number of aromatic nitrogens is 2.